The number of rotatable bonds is 7. The van der Waals surface area contributed by atoms with Crippen molar-refractivity contribution in [3.63, 3.8) is 0 Å². The van der Waals surface area contributed by atoms with E-state index in [0.717, 1.165) is 10.6 Å². The molecule has 2 aromatic rings. The first-order valence-corrected chi connectivity index (χ1v) is 7.65. The molecule has 2 rings (SSSR count). The van der Waals surface area contributed by atoms with Crippen molar-refractivity contribution in [1.82, 2.24) is 0 Å². The van der Waals surface area contributed by atoms with Crippen LogP contribution in [0.4, 0.5) is 5.69 Å². The molecule has 0 spiro atoms. The third-order valence-electron chi connectivity index (χ3n) is 3.01. The van der Waals surface area contributed by atoms with Crippen molar-refractivity contribution in [3.8, 4) is 0 Å². The number of carboxylic acids is 2. The number of nitrogens with two attached hydrogens (primary N) is 1. The Morgan fingerprint density at radius 3 is 2.30 bits per heavy atom. The highest BCUT2D eigenvalue weighted by Gasteiger charge is 2.14. The molecule has 0 unspecified atom stereocenters. The maximum Gasteiger partial charge on any atom is 0.336 e. The highest BCUT2D eigenvalue weighted by atomic mass is 32.2. The van der Waals surface area contributed by atoms with Crippen molar-refractivity contribution >= 4 is 29.4 Å². The van der Waals surface area contributed by atoms with E-state index < -0.39 is 11.9 Å². The van der Waals surface area contributed by atoms with E-state index in [1.54, 1.807) is 0 Å². The molecule has 0 aliphatic carbocycles. The Labute approximate surface area is 137 Å². The summed E-state index contributed by atoms with van der Waals surface area (Å²) < 4.78 is 0. The molecule has 5 N–H and O–H groups in total. The lowest BCUT2D eigenvalue weighted by Crippen LogP contribution is -2.12. The van der Waals surface area contributed by atoms with Gasteiger partial charge in [-0.3, -0.25) is 0 Å². The van der Waals surface area contributed by atoms with Crippen LogP contribution >= 0.6 is 11.8 Å². The molecule has 0 heterocycles. The van der Waals surface area contributed by atoms with Gasteiger partial charge in [-0.2, -0.15) is 0 Å². The summed E-state index contributed by atoms with van der Waals surface area (Å²) in [6.45, 7) is 1.19. The van der Waals surface area contributed by atoms with Crippen molar-refractivity contribution in [3.05, 3.63) is 53.6 Å². The third-order valence-corrected chi connectivity index (χ3v) is 4.08. The number of carbonyl (C=O) groups is 2. The highest BCUT2D eigenvalue weighted by Crippen LogP contribution is 2.32. The van der Waals surface area contributed by atoms with Gasteiger partial charge in [-0.1, -0.05) is 11.8 Å². The van der Waals surface area contributed by atoms with Crippen molar-refractivity contribution in [1.29, 1.82) is 0 Å². The Hall–Kier alpha value is -2.51. The lowest BCUT2D eigenvalue weighted by Gasteiger charge is -2.09. The summed E-state index contributed by atoms with van der Waals surface area (Å²) in [5.41, 5.74) is 6.46. The number of hydrogen-bond donors (Lipinski definition) is 4. The van der Waals surface area contributed by atoms with Crippen LogP contribution in [0.15, 0.2) is 52.3 Å². The molecule has 2 aromatic carbocycles. The number of benzene rings is 2. The van der Waals surface area contributed by atoms with Crippen LogP contribution in [-0.4, -0.2) is 35.2 Å². The maximum atomic E-state index is 11.3. The first-order valence-electron chi connectivity index (χ1n) is 6.83. The van der Waals surface area contributed by atoms with E-state index in [4.69, 9.17) is 10.8 Å². The zero-order valence-corrected chi connectivity index (χ0v) is 13.0. The molecule has 0 aliphatic heterocycles. The Morgan fingerprint density at radius 1 is 1.04 bits per heavy atom. The van der Waals surface area contributed by atoms with E-state index in [1.807, 2.05) is 24.3 Å². The second kappa shape index (κ2) is 7.66. The SMILES string of the molecule is NCCNc1ccc(Sc2cc(C(=O)O)ccc2C(=O)O)cc1. The van der Waals surface area contributed by atoms with Crippen molar-refractivity contribution < 1.29 is 19.8 Å². The van der Waals surface area contributed by atoms with E-state index in [1.165, 1.54) is 30.0 Å². The fraction of sp³-hybridized carbons (Fsp3) is 0.125. The van der Waals surface area contributed by atoms with Gasteiger partial charge >= 0.3 is 11.9 Å². The number of anilines is 1. The molecule has 0 aromatic heterocycles. The summed E-state index contributed by atoms with van der Waals surface area (Å²) in [5.74, 6) is -2.18. The average Bonchev–Trinajstić information content (AvgIpc) is 2.54. The Balaban J connectivity index is 2.25. The number of aromatic carboxylic acids is 2. The molecule has 7 heteroatoms. The molecule has 120 valence electrons. The van der Waals surface area contributed by atoms with Crippen LogP contribution in [0, 0.1) is 0 Å². The normalized spacial score (nSPS) is 10.3. The standard InChI is InChI=1S/C16H16N2O4S/c17-7-8-18-11-2-4-12(5-3-11)23-14-9-10(15(19)20)1-6-13(14)16(21)22/h1-6,9,18H,7-8,17H2,(H,19,20)(H,21,22). The van der Waals surface area contributed by atoms with Crippen molar-refractivity contribution in [2.75, 3.05) is 18.4 Å². The molecule has 0 atom stereocenters. The molecular weight excluding hydrogens is 316 g/mol. The Morgan fingerprint density at radius 2 is 1.74 bits per heavy atom. The molecule has 6 nitrogen and oxygen atoms in total. The fourth-order valence-corrected chi connectivity index (χ4v) is 2.88. The second-order valence-corrected chi connectivity index (χ2v) is 5.78. The van der Waals surface area contributed by atoms with Gasteiger partial charge in [0, 0.05) is 28.6 Å². The molecule has 23 heavy (non-hydrogen) atoms. The summed E-state index contributed by atoms with van der Waals surface area (Å²) in [6.07, 6.45) is 0. The molecular formula is C16H16N2O4S. The van der Waals surface area contributed by atoms with Crippen LogP contribution < -0.4 is 11.1 Å². The molecule has 0 radical (unpaired) electrons. The van der Waals surface area contributed by atoms with Crippen LogP contribution in [0.25, 0.3) is 0 Å². The van der Waals surface area contributed by atoms with Crippen LogP contribution in [0.1, 0.15) is 20.7 Å². The molecule has 0 saturated heterocycles. The van der Waals surface area contributed by atoms with Gasteiger partial charge in [0.15, 0.2) is 0 Å². The molecule has 0 saturated carbocycles. The second-order valence-electron chi connectivity index (χ2n) is 4.66. The molecule has 0 bridgehead atoms. The largest absolute Gasteiger partial charge is 0.478 e. The predicted octanol–water partition coefficient (Wildman–Crippen LogP) is 2.60. The van der Waals surface area contributed by atoms with Crippen molar-refractivity contribution in [2.45, 2.75) is 9.79 Å². The number of hydrogen-bond acceptors (Lipinski definition) is 5. The minimum absolute atomic E-state index is 0.0544. The smallest absolute Gasteiger partial charge is 0.336 e. The third kappa shape index (κ3) is 4.48. The van der Waals surface area contributed by atoms with Crippen LogP contribution in [0.5, 0.6) is 0 Å². The summed E-state index contributed by atoms with van der Waals surface area (Å²) in [5, 5.41) is 21.4. The topological polar surface area (TPSA) is 113 Å². The fourth-order valence-electron chi connectivity index (χ4n) is 1.90. The summed E-state index contributed by atoms with van der Waals surface area (Å²) in [4.78, 5) is 23.5. The summed E-state index contributed by atoms with van der Waals surface area (Å²) in [7, 11) is 0. The van der Waals surface area contributed by atoms with Gasteiger partial charge in [-0.25, -0.2) is 9.59 Å². The van der Waals surface area contributed by atoms with Gasteiger partial charge in [0.05, 0.1) is 11.1 Å². The number of carboxylic acid groups (broad SMARTS) is 2. The predicted molar refractivity (Wildman–Crippen MR) is 88.5 cm³/mol. The van der Waals surface area contributed by atoms with Gasteiger partial charge in [-0.05, 0) is 42.5 Å². The van der Waals surface area contributed by atoms with Crippen molar-refractivity contribution in [2.24, 2.45) is 5.73 Å². The first-order chi connectivity index (χ1) is 11.0. The monoisotopic (exact) mass is 332 g/mol. The van der Waals surface area contributed by atoms with E-state index >= 15 is 0 Å². The minimum Gasteiger partial charge on any atom is -0.478 e. The van der Waals surface area contributed by atoms with Crippen LogP contribution in [0.3, 0.4) is 0 Å². The highest BCUT2D eigenvalue weighted by molar-refractivity contribution is 7.99. The molecule has 0 amide bonds. The Kier molecular flexibility index (Phi) is 5.61. The number of nitrogens with one attached hydrogen (secondary N) is 1. The maximum absolute atomic E-state index is 11.3. The van der Waals surface area contributed by atoms with Gasteiger partial charge < -0.3 is 21.3 Å². The lowest BCUT2D eigenvalue weighted by molar-refractivity contribution is 0.0678. The van der Waals surface area contributed by atoms with Gasteiger partial charge in [0.2, 0.25) is 0 Å². The first kappa shape index (κ1) is 16.9. The molecule has 0 fully saturated rings. The summed E-state index contributed by atoms with van der Waals surface area (Å²) >= 11 is 1.21. The summed E-state index contributed by atoms with van der Waals surface area (Å²) in [6, 6.07) is 11.4. The Bertz CT molecular complexity index is 717. The van der Waals surface area contributed by atoms with Crippen LogP contribution in [-0.2, 0) is 0 Å². The quantitative estimate of drug-likeness (QED) is 0.616. The zero-order valence-electron chi connectivity index (χ0n) is 12.2. The van der Waals surface area contributed by atoms with E-state index in [9.17, 15) is 14.7 Å². The van der Waals surface area contributed by atoms with E-state index in [0.29, 0.717) is 18.0 Å². The van der Waals surface area contributed by atoms with Crippen LogP contribution in [0.2, 0.25) is 0 Å². The average molecular weight is 332 g/mol. The van der Waals surface area contributed by atoms with Gasteiger partial charge in [0.25, 0.3) is 0 Å². The van der Waals surface area contributed by atoms with Gasteiger partial charge in [0.1, 0.15) is 0 Å². The molecule has 0 aliphatic rings. The van der Waals surface area contributed by atoms with E-state index in [-0.39, 0.29) is 11.1 Å². The van der Waals surface area contributed by atoms with Gasteiger partial charge in [-0.15, -0.1) is 0 Å². The minimum atomic E-state index is -1.09. The zero-order chi connectivity index (χ0) is 16.8. The lowest BCUT2D eigenvalue weighted by atomic mass is 10.1. The van der Waals surface area contributed by atoms with E-state index in [2.05, 4.69) is 5.32 Å².